The summed E-state index contributed by atoms with van der Waals surface area (Å²) in [5, 5.41) is 3.10. The summed E-state index contributed by atoms with van der Waals surface area (Å²) in [6.45, 7) is 12.0. The third-order valence-electron chi connectivity index (χ3n) is 6.97. The predicted octanol–water partition coefficient (Wildman–Crippen LogP) is 3.81. The minimum Gasteiger partial charge on any atom is -0.352 e. The van der Waals surface area contributed by atoms with Gasteiger partial charge >= 0.3 is 0 Å². The first-order chi connectivity index (χ1) is 15.2. The first-order valence-corrected chi connectivity index (χ1v) is 12.2. The predicted molar refractivity (Wildman–Crippen MR) is 127 cm³/mol. The second kappa shape index (κ2) is 10.5. The number of rotatable bonds is 7. The third kappa shape index (κ3) is 5.39. The van der Waals surface area contributed by atoms with Crippen molar-refractivity contribution >= 4 is 5.91 Å². The van der Waals surface area contributed by atoms with Crippen LogP contribution in [0.3, 0.4) is 0 Å². The third-order valence-corrected chi connectivity index (χ3v) is 6.97. The van der Waals surface area contributed by atoms with Crippen LogP contribution in [0.5, 0.6) is 0 Å². The Labute approximate surface area is 187 Å². The van der Waals surface area contributed by atoms with Gasteiger partial charge in [-0.2, -0.15) is 0 Å². The molecular formula is C26H38N4O. The molecule has 1 amide bonds. The van der Waals surface area contributed by atoms with Crippen LogP contribution in [0.2, 0.25) is 0 Å². The lowest BCUT2D eigenvalue weighted by Gasteiger charge is -2.33. The Balaban J connectivity index is 1.29. The first kappa shape index (κ1) is 22.1. The highest BCUT2D eigenvalue weighted by Gasteiger charge is 2.17. The summed E-state index contributed by atoms with van der Waals surface area (Å²) < 4.78 is 2.39. The number of aromatic nitrogens is 1. The van der Waals surface area contributed by atoms with Gasteiger partial charge in [-0.15, -0.1) is 0 Å². The fraction of sp³-hybridized carbons (Fsp3) is 0.577. The van der Waals surface area contributed by atoms with Gasteiger partial charge in [0.1, 0.15) is 0 Å². The Bertz CT molecular complexity index is 862. The van der Waals surface area contributed by atoms with Crippen molar-refractivity contribution in [1.29, 1.82) is 0 Å². The van der Waals surface area contributed by atoms with Crippen molar-refractivity contribution in [3.8, 4) is 5.69 Å². The standard InChI is InChI=1S/C26H38N4O/c1-3-28-16-18-29(19-17-28)15-7-14-27-26(31)22-10-12-24(13-11-22)30-21(2)20-23-8-5-4-6-9-25(23)30/h10-13,20H,3-9,14-19H2,1-2H3,(H,27,31). The molecule has 0 saturated carbocycles. The zero-order valence-corrected chi connectivity index (χ0v) is 19.3. The molecule has 4 rings (SSSR count). The van der Waals surface area contributed by atoms with E-state index in [9.17, 15) is 4.79 Å². The molecule has 0 unspecified atom stereocenters. The summed E-state index contributed by atoms with van der Waals surface area (Å²) in [4.78, 5) is 17.6. The normalized spacial score (nSPS) is 17.9. The molecule has 1 aliphatic heterocycles. The van der Waals surface area contributed by atoms with Crippen LogP contribution in [0, 0.1) is 6.92 Å². The van der Waals surface area contributed by atoms with Crippen LogP contribution in [-0.2, 0) is 12.8 Å². The highest BCUT2D eigenvalue weighted by molar-refractivity contribution is 5.94. The second-order valence-electron chi connectivity index (χ2n) is 9.09. The SMILES string of the molecule is CCN1CCN(CCCNC(=O)c2ccc(-n3c(C)cc4c3CCCCC4)cc2)CC1. The Hall–Kier alpha value is -2.11. The van der Waals surface area contributed by atoms with Gasteiger partial charge in [-0.3, -0.25) is 4.79 Å². The molecule has 168 valence electrons. The van der Waals surface area contributed by atoms with Crippen LogP contribution in [0.1, 0.15) is 59.9 Å². The fourth-order valence-electron chi connectivity index (χ4n) is 5.09. The first-order valence-electron chi connectivity index (χ1n) is 12.2. The van der Waals surface area contributed by atoms with Crippen molar-refractivity contribution in [2.24, 2.45) is 0 Å². The van der Waals surface area contributed by atoms with E-state index >= 15 is 0 Å². The smallest absolute Gasteiger partial charge is 0.251 e. The molecule has 1 N–H and O–H groups in total. The van der Waals surface area contributed by atoms with Crippen molar-refractivity contribution in [1.82, 2.24) is 19.7 Å². The molecule has 1 saturated heterocycles. The summed E-state index contributed by atoms with van der Waals surface area (Å²) in [5.74, 6) is 0.0328. The molecule has 2 heterocycles. The zero-order chi connectivity index (χ0) is 21.6. The minimum absolute atomic E-state index is 0.0328. The summed E-state index contributed by atoms with van der Waals surface area (Å²) in [6, 6.07) is 10.5. The van der Waals surface area contributed by atoms with Crippen LogP contribution in [-0.4, -0.2) is 66.1 Å². The van der Waals surface area contributed by atoms with Crippen LogP contribution in [0.4, 0.5) is 0 Å². The number of piperazine rings is 1. The number of benzene rings is 1. The van der Waals surface area contributed by atoms with Gasteiger partial charge in [-0.05, 0) is 88.0 Å². The van der Waals surface area contributed by atoms with Crippen molar-refractivity contribution < 1.29 is 4.79 Å². The molecule has 1 aliphatic carbocycles. The molecule has 1 aromatic heterocycles. The van der Waals surface area contributed by atoms with E-state index in [-0.39, 0.29) is 5.91 Å². The average molecular weight is 423 g/mol. The molecule has 1 fully saturated rings. The van der Waals surface area contributed by atoms with E-state index in [1.54, 1.807) is 0 Å². The number of likely N-dealkylation sites (N-methyl/N-ethyl adjacent to an activating group) is 1. The van der Waals surface area contributed by atoms with Crippen LogP contribution >= 0.6 is 0 Å². The number of amides is 1. The molecule has 5 nitrogen and oxygen atoms in total. The molecule has 0 radical (unpaired) electrons. The molecular weight excluding hydrogens is 384 g/mol. The van der Waals surface area contributed by atoms with E-state index in [4.69, 9.17) is 0 Å². The number of hydrogen-bond acceptors (Lipinski definition) is 3. The molecule has 1 aromatic carbocycles. The lowest BCUT2D eigenvalue weighted by molar-refractivity contribution is 0.0948. The van der Waals surface area contributed by atoms with Crippen molar-refractivity contribution in [2.45, 2.75) is 52.4 Å². The van der Waals surface area contributed by atoms with Gasteiger partial charge in [0.2, 0.25) is 0 Å². The van der Waals surface area contributed by atoms with Crippen LogP contribution in [0.15, 0.2) is 30.3 Å². The van der Waals surface area contributed by atoms with Crippen LogP contribution < -0.4 is 5.32 Å². The monoisotopic (exact) mass is 422 g/mol. The van der Waals surface area contributed by atoms with E-state index in [0.29, 0.717) is 0 Å². The Morgan fingerprint density at radius 3 is 2.42 bits per heavy atom. The number of nitrogens with one attached hydrogen (secondary N) is 1. The van der Waals surface area contributed by atoms with Gasteiger partial charge in [0.15, 0.2) is 0 Å². The van der Waals surface area contributed by atoms with Gasteiger partial charge in [0.05, 0.1) is 0 Å². The van der Waals surface area contributed by atoms with Crippen molar-refractivity contribution in [3.63, 3.8) is 0 Å². The van der Waals surface area contributed by atoms with Gasteiger partial charge in [-0.1, -0.05) is 13.3 Å². The minimum atomic E-state index is 0.0328. The highest BCUT2D eigenvalue weighted by atomic mass is 16.1. The molecule has 2 aromatic rings. The summed E-state index contributed by atoms with van der Waals surface area (Å²) >= 11 is 0. The highest BCUT2D eigenvalue weighted by Crippen LogP contribution is 2.27. The maximum absolute atomic E-state index is 12.6. The van der Waals surface area contributed by atoms with Gasteiger partial charge < -0.3 is 19.7 Å². The Morgan fingerprint density at radius 2 is 1.68 bits per heavy atom. The molecule has 31 heavy (non-hydrogen) atoms. The van der Waals surface area contributed by atoms with Crippen LogP contribution in [0.25, 0.3) is 5.69 Å². The fourth-order valence-corrected chi connectivity index (χ4v) is 5.09. The molecule has 0 atom stereocenters. The maximum Gasteiger partial charge on any atom is 0.251 e. The topological polar surface area (TPSA) is 40.5 Å². The summed E-state index contributed by atoms with van der Waals surface area (Å²) in [5.41, 5.74) is 6.18. The summed E-state index contributed by atoms with van der Waals surface area (Å²) in [7, 11) is 0. The van der Waals surface area contributed by atoms with Crippen molar-refractivity contribution in [3.05, 3.63) is 52.8 Å². The average Bonchev–Trinajstić information content (AvgIpc) is 2.95. The van der Waals surface area contributed by atoms with Gasteiger partial charge in [0, 0.05) is 55.4 Å². The number of aryl methyl sites for hydroxylation is 2. The Morgan fingerprint density at radius 1 is 0.968 bits per heavy atom. The maximum atomic E-state index is 12.6. The molecule has 0 bridgehead atoms. The number of carbonyl (C=O) groups excluding carboxylic acids is 1. The van der Waals surface area contributed by atoms with E-state index < -0.39 is 0 Å². The van der Waals surface area contributed by atoms with Crippen molar-refractivity contribution in [2.75, 3.05) is 45.8 Å². The van der Waals surface area contributed by atoms with E-state index in [0.717, 1.165) is 51.1 Å². The van der Waals surface area contributed by atoms with E-state index in [1.165, 1.54) is 61.4 Å². The van der Waals surface area contributed by atoms with E-state index in [2.05, 4.69) is 51.7 Å². The quantitative estimate of drug-likeness (QED) is 0.545. The lowest BCUT2D eigenvalue weighted by Crippen LogP contribution is -2.46. The second-order valence-corrected chi connectivity index (χ2v) is 9.09. The van der Waals surface area contributed by atoms with Gasteiger partial charge in [-0.25, -0.2) is 0 Å². The molecule has 2 aliphatic rings. The largest absolute Gasteiger partial charge is 0.352 e. The number of carbonyl (C=O) groups is 1. The molecule has 0 spiro atoms. The summed E-state index contributed by atoms with van der Waals surface area (Å²) in [6.07, 6.45) is 7.24. The Kier molecular flexibility index (Phi) is 7.46. The molecule has 5 heteroatoms. The number of nitrogens with zero attached hydrogens (tertiary/aromatic N) is 3. The zero-order valence-electron chi connectivity index (χ0n) is 19.3. The van der Waals surface area contributed by atoms with Gasteiger partial charge in [0.25, 0.3) is 5.91 Å². The number of hydrogen-bond donors (Lipinski definition) is 1. The number of fused-ring (bicyclic) bond motifs is 1. The van der Waals surface area contributed by atoms with E-state index in [1.807, 2.05) is 12.1 Å². The lowest BCUT2D eigenvalue weighted by atomic mass is 10.1.